The van der Waals surface area contributed by atoms with Crippen LogP contribution in [0.25, 0.3) is 0 Å². The maximum Gasteiger partial charge on any atom is 0.325 e. The predicted octanol–water partition coefficient (Wildman–Crippen LogP) is 3.81. The molecule has 29 heavy (non-hydrogen) atoms. The third-order valence-corrected chi connectivity index (χ3v) is 4.16. The maximum atomic E-state index is 12.0. The van der Waals surface area contributed by atoms with E-state index < -0.39 is 5.97 Å². The average molecular weight is 392 g/mol. The Morgan fingerprint density at radius 2 is 1.69 bits per heavy atom. The van der Waals surface area contributed by atoms with Crippen molar-refractivity contribution in [2.45, 2.75) is 32.6 Å². The Hall–Kier alpha value is -3.26. The number of unbranched alkanes of at least 4 members (excludes halogenated alkanes) is 1. The van der Waals surface area contributed by atoms with Crippen molar-refractivity contribution in [2.24, 2.45) is 0 Å². The maximum absolute atomic E-state index is 12.0. The van der Waals surface area contributed by atoms with E-state index in [0.29, 0.717) is 12.2 Å². The average Bonchev–Trinajstić information content (AvgIpc) is 2.75. The number of carbonyl (C=O) groups is 2. The standard InChI is InChI=1S/C24H28N2O3/c1-2-29-23(27)19-26-24(28)21-14-16-22(17-15-21)25-18-10-5-3-4-7-11-20-12-8-6-9-13-20/h6,8-9,12-17,25H,2,4,7,10-11,18-19H2,1H3,(H,26,28). The zero-order valence-electron chi connectivity index (χ0n) is 16.9. The van der Waals surface area contributed by atoms with Gasteiger partial charge in [0.05, 0.1) is 6.61 Å². The van der Waals surface area contributed by atoms with Gasteiger partial charge in [-0.25, -0.2) is 0 Å². The molecule has 0 bridgehead atoms. The Bertz CT molecular complexity index is 821. The number of anilines is 1. The van der Waals surface area contributed by atoms with Crippen molar-refractivity contribution in [3.63, 3.8) is 0 Å². The molecule has 152 valence electrons. The normalized spacial score (nSPS) is 9.83. The fourth-order valence-electron chi connectivity index (χ4n) is 2.68. The summed E-state index contributed by atoms with van der Waals surface area (Å²) in [5, 5.41) is 5.82. The molecule has 0 aliphatic heterocycles. The second kappa shape index (κ2) is 13.0. The molecule has 0 aliphatic rings. The SMILES string of the molecule is CCOC(=O)CNC(=O)c1ccc(NCCC#CCCCc2ccccc2)cc1. The van der Waals surface area contributed by atoms with Gasteiger partial charge in [-0.15, -0.1) is 11.8 Å². The van der Waals surface area contributed by atoms with Crippen LogP contribution >= 0.6 is 0 Å². The van der Waals surface area contributed by atoms with Gasteiger partial charge in [0.2, 0.25) is 0 Å². The van der Waals surface area contributed by atoms with Crippen LogP contribution in [0.3, 0.4) is 0 Å². The van der Waals surface area contributed by atoms with E-state index in [4.69, 9.17) is 4.74 Å². The number of hydrogen-bond donors (Lipinski definition) is 2. The Labute approximate surface area is 172 Å². The first-order valence-electron chi connectivity index (χ1n) is 9.96. The van der Waals surface area contributed by atoms with E-state index in [9.17, 15) is 9.59 Å². The zero-order valence-corrected chi connectivity index (χ0v) is 16.9. The minimum absolute atomic E-state index is 0.128. The van der Waals surface area contributed by atoms with Crippen LogP contribution in [0.4, 0.5) is 5.69 Å². The van der Waals surface area contributed by atoms with E-state index in [2.05, 4.69) is 46.7 Å². The van der Waals surface area contributed by atoms with Crippen LogP contribution in [0.2, 0.25) is 0 Å². The lowest BCUT2D eigenvalue weighted by atomic mass is 10.1. The monoisotopic (exact) mass is 392 g/mol. The number of esters is 1. The lowest BCUT2D eigenvalue weighted by molar-refractivity contribution is -0.141. The number of carbonyl (C=O) groups excluding carboxylic acids is 2. The molecule has 5 heteroatoms. The summed E-state index contributed by atoms with van der Waals surface area (Å²) in [5.41, 5.74) is 2.78. The topological polar surface area (TPSA) is 67.4 Å². The third-order valence-electron chi connectivity index (χ3n) is 4.16. The highest BCUT2D eigenvalue weighted by Crippen LogP contribution is 2.09. The summed E-state index contributed by atoms with van der Waals surface area (Å²) in [5.74, 6) is 5.66. The molecule has 2 aromatic carbocycles. The van der Waals surface area contributed by atoms with Crippen LogP contribution in [0.5, 0.6) is 0 Å². The molecule has 0 aliphatic carbocycles. The van der Waals surface area contributed by atoms with E-state index in [1.807, 2.05) is 18.2 Å². The number of hydrogen-bond acceptors (Lipinski definition) is 4. The summed E-state index contributed by atoms with van der Waals surface area (Å²) < 4.78 is 4.78. The van der Waals surface area contributed by atoms with Gasteiger partial charge in [0, 0.05) is 30.6 Å². The van der Waals surface area contributed by atoms with Crippen molar-refractivity contribution in [2.75, 3.05) is 25.0 Å². The van der Waals surface area contributed by atoms with Gasteiger partial charge in [-0.2, -0.15) is 0 Å². The lowest BCUT2D eigenvalue weighted by Crippen LogP contribution is -2.30. The molecule has 0 spiro atoms. The van der Waals surface area contributed by atoms with Gasteiger partial charge in [0.25, 0.3) is 5.91 Å². The summed E-state index contributed by atoms with van der Waals surface area (Å²) in [6.07, 6.45) is 3.81. The Morgan fingerprint density at radius 3 is 2.41 bits per heavy atom. The van der Waals surface area contributed by atoms with Crippen molar-refractivity contribution < 1.29 is 14.3 Å². The predicted molar refractivity (Wildman–Crippen MR) is 116 cm³/mol. The second-order valence-electron chi connectivity index (χ2n) is 6.43. The number of benzene rings is 2. The largest absolute Gasteiger partial charge is 0.465 e. The molecular formula is C24H28N2O3. The fraction of sp³-hybridized carbons (Fsp3) is 0.333. The van der Waals surface area contributed by atoms with Gasteiger partial charge in [0.1, 0.15) is 6.54 Å². The van der Waals surface area contributed by atoms with E-state index >= 15 is 0 Å². The zero-order chi connectivity index (χ0) is 20.7. The van der Waals surface area contributed by atoms with Crippen molar-refractivity contribution in [1.82, 2.24) is 5.32 Å². The van der Waals surface area contributed by atoms with E-state index in [0.717, 1.165) is 37.9 Å². The Balaban J connectivity index is 1.61. The molecule has 0 atom stereocenters. The number of amides is 1. The highest BCUT2D eigenvalue weighted by Gasteiger charge is 2.08. The molecular weight excluding hydrogens is 364 g/mol. The molecule has 1 amide bonds. The van der Waals surface area contributed by atoms with Gasteiger partial charge in [0.15, 0.2) is 0 Å². The molecule has 0 saturated heterocycles. The molecule has 2 aromatic rings. The minimum Gasteiger partial charge on any atom is -0.465 e. The summed E-state index contributed by atoms with van der Waals surface area (Å²) in [6.45, 7) is 2.65. The third kappa shape index (κ3) is 8.98. The van der Waals surface area contributed by atoms with Crippen molar-refractivity contribution in [1.29, 1.82) is 0 Å². The minimum atomic E-state index is -0.444. The lowest BCUT2D eigenvalue weighted by Gasteiger charge is -2.07. The second-order valence-corrected chi connectivity index (χ2v) is 6.43. The molecule has 0 fully saturated rings. The first-order valence-corrected chi connectivity index (χ1v) is 9.96. The van der Waals surface area contributed by atoms with Gasteiger partial charge in [-0.1, -0.05) is 30.3 Å². The quantitative estimate of drug-likeness (QED) is 0.367. The molecule has 2 rings (SSSR count). The summed E-state index contributed by atoms with van der Waals surface area (Å²) in [6, 6.07) is 17.6. The van der Waals surface area contributed by atoms with Crippen LogP contribution in [0.1, 0.15) is 42.1 Å². The first-order chi connectivity index (χ1) is 14.2. The van der Waals surface area contributed by atoms with Crippen LogP contribution < -0.4 is 10.6 Å². The smallest absolute Gasteiger partial charge is 0.325 e. The van der Waals surface area contributed by atoms with Gasteiger partial charge in [-0.05, 0) is 49.6 Å². The van der Waals surface area contributed by atoms with Gasteiger partial charge in [-0.3, -0.25) is 9.59 Å². The first kappa shape index (κ1) is 22.0. The molecule has 0 heterocycles. The van der Waals surface area contributed by atoms with Crippen LogP contribution in [-0.2, 0) is 16.0 Å². The van der Waals surface area contributed by atoms with Crippen LogP contribution in [0.15, 0.2) is 54.6 Å². The van der Waals surface area contributed by atoms with Crippen LogP contribution in [0, 0.1) is 11.8 Å². The highest BCUT2D eigenvalue weighted by molar-refractivity contribution is 5.96. The summed E-state index contributed by atoms with van der Waals surface area (Å²) in [4.78, 5) is 23.3. The van der Waals surface area contributed by atoms with Crippen LogP contribution in [-0.4, -0.2) is 31.6 Å². The van der Waals surface area contributed by atoms with Gasteiger partial charge >= 0.3 is 5.97 Å². The number of ether oxygens (including phenoxy) is 1. The molecule has 0 radical (unpaired) electrons. The van der Waals surface area contributed by atoms with Crippen molar-refractivity contribution in [3.8, 4) is 11.8 Å². The van der Waals surface area contributed by atoms with Gasteiger partial charge < -0.3 is 15.4 Å². The number of rotatable bonds is 10. The van der Waals surface area contributed by atoms with E-state index in [1.54, 1.807) is 19.1 Å². The highest BCUT2D eigenvalue weighted by atomic mass is 16.5. The molecule has 2 N–H and O–H groups in total. The Morgan fingerprint density at radius 1 is 0.966 bits per heavy atom. The molecule has 5 nitrogen and oxygen atoms in total. The van der Waals surface area contributed by atoms with Crippen molar-refractivity contribution in [3.05, 3.63) is 65.7 Å². The molecule has 0 saturated carbocycles. The number of aryl methyl sites for hydroxylation is 1. The van der Waals surface area contributed by atoms with E-state index in [-0.39, 0.29) is 12.5 Å². The summed E-state index contributed by atoms with van der Waals surface area (Å²) in [7, 11) is 0. The molecule has 0 aromatic heterocycles. The summed E-state index contributed by atoms with van der Waals surface area (Å²) >= 11 is 0. The van der Waals surface area contributed by atoms with E-state index in [1.165, 1.54) is 5.56 Å². The van der Waals surface area contributed by atoms with Crippen molar-refractivity contribution >= 4 is 17.6 Å². The number of nitrogens with one attached hydrogen (secondary N) is 2. The molecule has 0 unspecified atom stereocenters. The Kier molecular flexibility index (Phi) is 9.88. The fourth-order valence-corrected chi connectivity index (χ4v) is 2.68.